The molecule has 7 heteroatoms. The highest BCUT2D eigenvalue weighted by Gasteiger charge is 2.28. The van der Waals surface area contributed by atoms with E-state index in [4.69, 9.17) is 0 Å². The number of aliphatic imine (C=N–C) groups is 1. The van der Waals surface area contributed by atoms with Crippen LogP contribution in [0.1, 0.15) is 29.9 Å². The average Bonchev–Trinajstić information content (AvgIpc) is 3.49. The Bertz CT molecular complexity index is 805. The van der Waals surface area contributed by atoms with Gasteiger partial charge in [-0.1, -0.05) is 30.3 Å². The number of aryl methyl sites for hydroxylation is 1. The van der Waals surface area contributed by atoms with Crippen molar-refractivity contribution in [2.24, 2.45) is 18.0 Å². The molecular formula is C23H35IN6. The molecule has 2 saturated heterocycles. The third kappa shape index (κ3) is 5.97. The number of nitrogens with one attached hydrogen (secondary N) is 1. The van der Waals surface area contributed by atoms with Gasteiger partial charge in [0.2, 0.25) is 0 Å². The van der Waals surface area contributed by atoms with Crippen molar-refractivity contribution in [1.29, 1.82) is 0 Å². The Morgan fingerprint density at radius 3 is 2.73 bits per heavy atom. The van der Waals surface area contributed by atoms with Crippen LogP contribution in [0, 0.1) is 5.92 Å². The number of benzene rings is 1. The van der Waals surface area contributed by atoms with Crippen LogP contribution in [-0.4, -0.2) is 71.9 Å². The zero-order valence-electron chi connectivity index (χ0n) is 18.2. The van der Waals surface area contributed by atoms with Crippen LogP contribution in [0.2, 0.25) is 0 Å². The van der Waals surface area contributed by atoms with Crippen LogP contribution in [-0.2, 0) is 13.5 Å². The summed E-state index contributed by atoms with van der Waals surface area (Å²) in [5.41, 5.74) is 2.78. The first kappa shape index (κ1) is 23.1. The van der Waals surface area contributed by atoms with Crippen LogP contribution >= 0.6 is 24.0 Å². The van der Waals surface area contributed by atoms with Crippen LogP contribution in [0.15, 0.2) is 47.7 Å². The molecule has 2 atom stereocenters. The van der Waals surface area contributed by atoms with Crippen LogP contribution < -0.4 is 5.32 Å². The van der Waals surface area contributed by atoms with Gasteiger partial charge in [0.05, 0.1) is 6.20 Å². The quantitative estimate of drug-likeness (QED) is 0.360. The van der Waals surface area contributed by atoms with Crippen molar-refractivity contribution in [2.75, 3.05) is 46.3 Å². The summed E-state index contributed by atoms with van der Waals surface area (Å²) in [5.74, 6) is 2.32. The number of guanidine groups is 1. The second-order valence-corrected chi connectivity index (χ2v) is 8.50. The van der Waals surface area contributed by atoms with Gasteiger partial charge in [0, 0.05) is 58.9 Å². The van der Waals surface area contributed by atoms with E-state index in [1.807, 2.05) is 25.0 Å². The minimum atomic E-state index is 0. The summed E-state index contributed by atoms with van der Waals surface area (Å²) in [6, 6.07) is 10.8. The first-order valence-electron chi connectivity index (χ1n) is 10.9. The van der Waals surface area contributed by atoms with Gasteiger partial charge < -0.3 is 15.1 Å². The number of hydrogen-bond donors (Lipinski definition) is 1. The van der Waals surface area contributed by atoms with Gasteiger partial charge >= 0.3 is 0 Å². The molecule has 6 nitrogen and oxygen atoms in total. The maximum Gasteiger partial charge on any atom is 0.193 e. The van der Waals surface area contributed by atoms with Crippen LogP contribution in [0.4, 0.5) is 0 Å². The number of nitrogens with zero attached hydrogens (tertiary/aromatic N) is 5. The van der Waals surface area contributed by atoms with E-state index in [1.54, 1.807) is 0 Å². The minimum absolute atomic E-state index is 0. The number of halogens is 1. The first-order chi connectivity index (χ1) is 14.2. The number of aromatic nitrogens is 2. The van der Waals surface area contributed by atoms with E-state index in [0.29, 0.717) is 11.8 Å². The maximum atomic E-state index is 4.56. The second kappa shape index (κ2) is 11.1. The monoisotopic (exact) mass is 522 g/mol. The van der Waals surface area contributed by atoms with Gasteiger partial charge in [-0.15, -0.1) is 24.0 Å². The molecule has 2 aliphatic heterocycles. The standard InChI is InChI=1S/C23H34N6.HI/c1-24-23(29-13-10-21(18-29)22-15-26-27(2)17-22)25-14-20-9-12-28(16-20)11-8-19-6-4-3-5-7-19;/h3-7,15,17,20-21H,8-14,16,18H2,1-2H3,(H,24,25);1H. The molecule has 0 amide bonds. The van der Waals surface area contributed by atoms with Crippen molar-refractivity contribution in [3.8, 4) is 0 Å². The molecule has 4 rings (SSSR count). The molecule has 2 fully saturated rings. The minimum Gasteiger partial charge on any atom is -0.356 e. The molecule has 1 aromatic heterocycles. The second-order valence-electron chi connectivity index (χ2n) is 8.50. The fourth-order valence-corrected chi connectivity index (χ4v) is 4.66. The van der Waals surface area contributed by atoms with Crippen molar-refractivity contribution >= 4 is 29.9 Å². The number of likely N-dealkylation sites (tertiary alicyclic amines) is 2. The van der Waals surface area contributed by atoms with Crippen molar-refractivity contribution in [1.82, 2.24) is 24.9 Å². The third-order valence-corrected chi connectivity index (χ3v) is 6.37. The fourth-order valence-electron chi connectivity index (χ4n) is 4.66. The topological polar surface area (TPSA) is 48.7 Å². The third-order valence-electron chi connectivity index (χ3n) is 6.37. The van der Waals surface area contributed by atoms with Gasteiger partial charge in [-0.3, -0.25) is 9.67 Å². The fraction of sp³-hybridized carbons (Fsp3) is 0.565. The molecule has 0 spiro atoms. The van der Waals surface area contributed by atoms with Crippen molar-refractivity contribution in [3.63, 3.8) is 0 Å². The Kier molecular flexibility index (Phi) is 8.56. The molecule has 1 N–H and O–H groups in total. The van der Waals surface area contributed by atoms with Crippen molar-refractivity contribution in [3.05, 3.63) is 53.9 Å². The molecule has 2 aromatic rings. The normalized spacial score (nSPS) is 22.3. The maximum absolute atomic E-state index is 4.56. The predicted molar refractivity (Wildman–Crippen MR) is 134 cm³/mol. The smallest absolute Gasteiger partial charge is 0.193 e. The van der Waals surface area contributed by atoms with E-state index >= 15 is 0 Å². The summed E-state index contributed by atoms with van der Waals surface area (Å²) >= 11 is 0. The van der Waals surface area contributed by atoms with Crippen molar-refractivity contribution < 1.29 is 0 Å². The molecular weight excluding hydrogens is 487 g/mol. The molecule has 0 aliphatic carbocycles. The van der Waals surface area contributed by atoms with Gasteiger partial charge in [-0.2, -0.15) is 5.10 Å². The Balaban J connectivity index is 0.00000256. The van der Waals surface area contributed by atoms with E-state index in [-0.39, 0.29) is 24.0 Å². The van der Waals surface area contributed by atoms with E-state index < -0.39 is 0 Å². The van der Waals surface area contributed by atoms with Gasteiger partial charge in [0.15, 0.2) is 5.96 Å². The molecule has 0 saturated carbocycles. The number of rotatable bonds is 6. The Hall–Kier alpha value is -1.61. The summed E-state index contributed by atoms with van der Waals surface area (Å²) < 4.78 is 1.90. The van der Waals surface area contributed by atoms with Gasteiger partial charge in [-0.05, 0) is 42.9 Å². The van der Waals surface area contributed by atoms with Crippen molar-refractivity contribution in [2.45, 2.75) is 25.2 Å². The Morgan fingerprint density at radius 1 is 1.17 bits per heavy atom. The van der Waals surface area contributed by atoms with E-state index in [9.17, 15) is 0 Å². The average molecular weight is 522 g/mol. The Morgan fingerprint density at radius 2 is 2.00 bits per heavy atom. The van der Waals surface area contributed by atoms with E-state index in [2.05, 4.69) is 61.7 Å². The van der Waals surface area contributed by atoms with Gasteiger partial charge in [0.25, 0.3) is 0 Å². The lowest BCUT2D eigenvalue weighted by molar-refractivity contribution is 0.327. The predicted octanol–water partition coefficient (Wildman–Crippen LogP) is 2.97. The summed E-state index contributed by atoms with van der Waals surface area (Å²) in [6.07, 6.45) is 7.74. The largest absolute Gasteiger partial charge is 0.356 e. The summed E-state index contributed by atoms with van der Waals surface area (Å²) in [4.78, 5) is 9.57. The highest BCUT2D eigenvalue weighted by Crippen LogP contribution is 2.26. The summed E-state index contributed by atoms with van der Waals surface area (Å²) in [6.45, 7) is 6.67. The van der Waals surface area contributed by atoms with Gasteiger partial charge in [0.1, 0.15) is 0 Å². The molecule has 0 radical (unpaired) electrons. The zero-order valence-corrected chi connectivity index (χ0v) is 20.5. The Labute approximate surface area is 197 Å². The molecule has 0 bridgehead atoms. The van der Waals surface area contributed by atoms with Gasteiger partial charge in [-0.25, -0.2) is 0 Å². The zero-order chi connectivity index (χ0) is 20.1. The molecule has 2 aliphatic rings. The van der Waals surface area contributed by atoms with Crippen LogP contribution in [0.3, 0.4) is 0 Å². The van der Waals surface area contributed by atoms with E-state index in [0.717, 1.165) is 38.6 Å². The molecule has 3 heterocycles. The van der Waals surface area contributed by atoms with Crippen LogP contribution in [0.5, 0.6) is 0 Å². The molecule has 1 aromatic carbocycles. The lowest BCUT2D eigenvalue weighted by Crippen LogP contribution is -2.42. The molecule has 164 valence electrons. The first-order valence-corrected chi connectivity index (χ1v) is 10.9. The molecule has 30 heavy (non-hydrogen) atoms. The van der Waals surface area contributed by atoms with Crippen LogP contribution in [0.25, 0.3) is 0 Å². The summed E-state index contributed by atoms with van der Waals surface area (Å²) in [5, 5.41) is 7.98. The lowest BCUT2D eigenvalue weighted by Gasteiger charge is -2.23. The SMILES string of the molecule is CN=C(NCC1CCN(CCc2ccccc2)C1)N1CCC(c2cnn(C)c2)C1.I. The lowest BCUT2D eigenvalue weighted by atomic mass is 10.0. The number of hydrogen-bond acceptors (Lipinski definition) is 3. The molecule has 2 unspecified atom stereocenters. The highest BCUT2D eigenvalue weighted by atomic mass is 127. The van der Waals surface area contributed by atoms with E-state index in [1.165, 1.54) is 37.1 Å². The summed E-state index contributed by atoms with van der Waals surface area (Å²) in [7, 11) is 3.89. The highest BCUT2D eigenvalue weighted by molar-refractivity contribution is 14.0.